The Bertz CT molecular complexity index is 708. The van der Waals surface area contributed by atoms with Crippen molar-refractivity contribution in [3.8, 4) is 0 Å². The molecule has 118 valence electrons. The summed E-state index contributed by atoms with van der Waals surface area (Å²) in [6.45, 7) is 3.47. The van der Waals surface area contributed by atoms with Crippen molar-refractivity contribution in [1.82, 2.24) is 0 Å². The van der Waals surface area contributed by atoms with E-state index in [-0.39, 0.29) is 5.91 Å². The molecular formula is C14H15ClN2O5. The molecule has 1 aliphatic rings. The van der Waals surface area contributed by atoms with Crippen LogP contribution in [-0.4, -0.2) is 12.5 Å². The summed E-state index contributed by atoms with van der Waals surface area (Å²) in [5.41, 5.74) is 7.02. The predicted octanol–water partition coefficient (Wildman–Crippen LogP) is -3.19. The first-order chi connectivity index (χ1) is 10.3. The second-order valence-electron chi connectivity index (χ2n) is 4.65. The summed E-state index contributed by atoms with van der Waals surface area (Å²) >= 11 is 0. The van der Waals surface area contributed by atoms with Gasteiger partial charge >= 0.3 is 0 Å². The largest absolute Gasteiger partial charge is 0.354 e. The van der Waals surface area contributed by atoms with Crippen molar-refractivity contribution in [1.29, 1.82) is 0 Å². The van der Waals surface area contributed by atoms with Crippen LogP contribution in [0.5, 0.6) is 0 Å². The van der Waals surface area contributed by atoms with E-state index in [0.717, 1.165) is 23.2 Å². The van der Waals surface area contributed by atoms with Crippen molar-refractivity contribution in [2.45, 2.75) is 13.5 Å². The van der Waals surface area contributed by atoms with Gasteiger partial charge in [-0.25, -0.2) is 18.6 Å². The van der Waals surface area contributed by atoms with Crippen LogP contribution in [0.25, 0.3) is 10.8 Å². The molecule has 0 saturated carbocycles. The lowest BCUT2D eigenvalue weighted by Gasteiger charge is -2.17. The van der Waals surface area contributed by atoms with Gasteiger partial charge in [0.05, 0.1) is 5.69 Å². The van der Waals surface area contributed by atoms with E-state index in [0.29, 0.717) is 6.54 Å². The smallest absolute Gasteiger partial charge is 0.258 e. The molecule has 1 amide bonds. The maximum Gasteiger partial charge on any atom is 0.258 e. The molecule has 0 unspecified atom stereocenters. The minimum absolute atomic E-state index is 0.120. The van der Waals surface area contributed by atoms with E-state index in [1.54, 1.807) is 0 Å². The van der Waals surface area contributed by atoms with E-state index < -0.39 is 10.2 Å². The molecule has 0 radical (unpaired) electrons. The second-order valence-corrected chi connectivity index (χ2v) is 5.41. The molecule has 0 atom stereocenters. The molecule has 3 rings (SSSR count). The van der Waals surface area contributed by atoms with E-state index in [4.69, 9.17) is 18.6 Å². The van der Waals surface area contributed by atoms with Gasteiger partial charge < -0.3 is 10.6 Å². The lowest BCUT2D eigenvalue weighted by Crippen LogP contribution is -2.68. The summed E-state index contributed by atoms with van der Waals surface area (Å²) in [5, 5.41) is 2.26. The first-order valence-electron chi connectivity index (χ1n) is 6.55. The standard InChI is InChI=1S/C14H14N2O.ClHO4/c1-2-16-12-7-6-9(8-15)10-4-3-5-11(13(10)12)14(16)17;2-1(3,4)5/h3-7H,2,8,15H2,1H3;(H,2,3,4,5). The molecule has 0 spiro atoms. The number of amides is 1. The number of hydrogen-bond donors (Lipinski definition) is 1. The van der Waals surface area contributed by atoms with Gasteiger partial charge in [0, 0.05) is 23.1 Å². The fourth-order valence-corrected chi connectivity index (χ4v) is 2.64. The Kier molecular flexibility index (Phi) is 4.66. The summed E-state index contributed by atoms with van der Waals surface area (Å²) in [4.78, 5) is 14.1. The van der Waals surface area contributed by atoms with Crippen LogP contribution in [0.15, 0.2) is 30.3 Å². The molecule has 2 aromatic carbocycles. The van der Waals surface area contributed by atoms with Crippen molar-refractivity contribution < 1.29 is 39.4 Å². The number of benzene rings is 2. The van der Waals surface area contributed by atoms with E-state index >= 15 is 0 Å². The molecule has 0 aliphatic carbocycles. The number of hydrogen-bond acceptors (Lipinski definition) is 5. The molecule has 0 aromatic heterocycles. The Hall–Kier alpha value is -1.74. The number of carbonyl (C=O) groups is 1. The Morgan fingerprint density at radius 2 is 1.77 bits per heavy atom. The topological polar surface area (TPSA) is 140 Å². The summed E-state index contributed by atoms with van der Waals surface area (Å²) in [6.07, 6.45) is 0. The molecule has 0 fully saturated rings. The van der Waals surface area contributed by atoms with Gasteiger partial charge in [-0.3, -0.25) is 4.79 Å². The molecule has 8 heteroatoms. The van der Waals surface area contributed by atoms with Crippen molar-refractivity contribution in [3.05, 3.63) is 41.5 Å². The Morgan fingerprint density at radius 3 is 2.32 bits per heavy atom. The minimum atomic E-state index is -4.94. The van der Waals surface area contributed by atoms with E-state index in [2.05, 4.69) is 17.9 Å². The number of anilines is 1. The number of nitrogens with zero attached hydrogens (tertiary/aromatic N) is 1. The predicted molar refractivity (Wildman–Crippen MR) is 67.9 cm³/mol. The minimum Gasteiger partial charge on any atom is -0.354 e. The number of carbonyl (C=O) groups excluding carboxylic acids is 1. The van der Waals surface area contributed by atoms with Gasteiger partial charge in [0.2, 0.25) is 0 Å². The van der Waals surface area contributed by atoms with Crippen LogP contribution in [0.2, 0.25) is 0 Å². The van der Waals surface area contributed by atoms with Gasteiger partial charge in [-0.1, -0.05) is 18.2 Å². The van der Waals surface area contributed by atoms with Crippen molar-refractivity contribution in [2.75, 3.05) is 11.4 Å². The molecule has 3 N–H and O–H groups in total. The van der Waals surface area contributed by atoms with E-state index in [1.165, 1.54) is 10.9 Å². The molecule has 22 heavy (non-hydrogen) atoms. The zero-order valence-electron chi connectivity index (χ0n) is 11.9. The van der Waals surface area contributed by atoms with Gasteiger partial charge in [-0.05, 0) is 24.4 Å². The monoisotopic (exact) mass is 326 g/mol. The van der Waals surface area contributed by atoms with Crippen LogP contribution in [0.4, 0.5) is 5.69 Å². The van der Waals surface area contributed by atoms with Crippen LogP contribution in [0.3, 0.4) is 0 Å². The molecule has 1 aliphatic heterocycles. The summed E-state index contributed by atoms with van der Waals surface area (Å²) in [5.74, 6) is 0.120. The Morgan fingerprint density at radius 1 is 1.14 bits per heavy atom. The number of halogens is 1. The zero-order valence-corrected chi connectivity index (χ0v) is 12.6. The fraction of sp³-hybridized carbons (Fsp3) is 0.214. The van der Waals surface area contributed by atoms with Crippen molar-refractivity contribution >= 4 is 22.4 Å². The fourth-order valence-electron chi connectivity index (χ4n) is 2.64. The molecular weight excluding hydrogens is 312 g/mol. The normalized spacial score (nSPS) is 13.4. The average molecular weight is 327 g/mol. The SMILES string of the molecule is CCN1C(=O)c2cccc3c(C[NH3+])ccc1c23.[O-][Cl+3]([O-])([O-])[O-]. The third-order valence-corrected chi connectivity index (χ3v) is 3.46. The third kappa shape index (κ3) is 3.20. The van der Waals surface area contributed by atoms with Crippen molar-refractivity contribution in [2.24, 2.45) is 0 Å². The summed E-state index contributed by atoms with van der Waals surface area (Å²) in [6, 6.07) is 10.1. The third-order valence-electron chi connectivity index (χ3n) is 3.46. The van der Waals surface area contributed by atoms with Crippen LogP contribution in [0.1, 0.15) is 22.8 Å². The Labute approximate surface area is 128 Å². The highest BCUT2D eigenvalue weighted by atomic mass is 35.7. The van der Waals surface area contributed by atoms with Crippen LogP contribution in [0, 0.1) is 10.2 Å². The van der Waals surface area contributed by atoms with Gasteiger partial charge in [0.15, 0.2) is 0 Å². The first-order valence-corrected chi connectivity index (χ1v) is 7.78. The van der Waals surface area contributed by atoms with Crippen molar-refractivity contribution in [3.63, 3.8) is 0 Å². The summed E-state index contributed by atoms with van der Waals surface area (Å²) < 4.78 is 34.0. The Balaban J connectivity index is 0.000000309. The maximum absolute atomic E-state index is 12.2. The quantitative estimate of drug-likeness (QED) is 0.619. The molecule has 2 aromatic rings. The number of quaternary nitrogens is 1. The summed E-state index contributed by atoms with van der Waals surface area (Å²) in [7, 11) is -4.94. The molecule has 7 nitrogen and oxygen atoms in total. The average Bonchev–Trinajstić information content (AvgIpc) is 2.72. The highest BCUT2D eigenvalue weighted by Crippen LogP contribution is 2.38. The van der Waals surface area contributed by atoms with Crippen LogP contribution in [-0.2, 0) is 6.54 Å². The van der Waals surface area contributed by atoms with Gasteiger partial charge in [0.25, 0.3) is 5.91 Å². The van der Waals surface area contributed by atoms with Crippen LogP contribution < -0.4 is 29.3 Å². The lowest BCUT2D eigenvalue weighted by molar-refractivity contribution is -2.00. The van der Waals surface area contributed by atoms with Gasteiger partial charge in [-0.15, -0.1) is 10.2 Å². The van der Waals surface area contributed by atoms with Gasteiger partial charge in [0.1, 0.15) is 6.54 Å². The lowest BCUT2D eigenvalue weighted by atomic mass is 10.0. The highest BCUT2D eigenvalue weighted by Gasteiger charge is 2.28. The maximum atomic E-state index is 12.2. The van der Waals surface area contributed by atoms with E-state index in [1.807, 2.05) is 30.0 Å². The first kappa shape index (κ1) is 16.6. The van der Waals surface area contributed by atoms with Crippen LogP contribution >= 0.6 is 0 Å². The molecule has 0 saturated heterocycles. The number of rotatable bonds is 2. The highest BCUT2D eigenvalue weighted by molar-refractivity contribution is 6.25. The van der Waals surface area contributed by atoms with Gasteiger partial charge in [-0.2, -0.15) is 0 Å². The zero-order chi connectivity index (χ0) is 16.5. The molecule has 1 heterocycles. The second kappa shape index (κ2) is 6.17. The molecule has 0 bridgehead atoms. The van der Waals surface area contributed by atoms with E-state index in [9.17, 15) is 4.79 Å².